The van der Waals surface area contributed by atoms with Gasteiger partial charge in [-0.3, -0.25) is 33.6 Å². The summed E-state index contributed by atoms with van der Waals surface area (Å²) < 4.78 is 36.9. The predicted molar refractivity (Wildman–Crippen MR) is 401 cm³/mol. The molecule has 18 heteroatoms. The molecule has 0 spiro atoms. The third-order valence-electron chi connectivity index (χ3n) is 19.7. The molecule has 1 rings (SSSR count). The van der Waals surface area contributed by atoms with Crippen LogP contribution in [0.5, 0.6) is 0 Å². The lowest BCUT2D eigenvalue weighted by Crippen LogP contribution is -2.66. The fraction of sp³-hybridized carbons (Fsp3) is 0.915. The molecule has 0 bridgehead atoms. The first-order valence-corrected chi connectivity index (χ1v) is 41.8. The van der Waals surface area contributed by atoms with Gasteiger partial charge >= 0.3 is 29.8 Å². The van der Waals surface area contributed by atoms with Crippen LogP contribution < -0.4 is 10.6 Å². The number of unbranched alkanes of at least 4 members (excludes halogenated alkanes) is 42. The maximum absolute atomic E-state index is 14.7. The van der Waals surface area contributed by atoms with Gasteiger partial charge in [0.1, 0.15) is 36.6 Å². The van der Waals surface area contributed by atoms with Crippen LogP contribution in [0.4, 0.5) is 0 Å². The summed E-state index contributed by atoms with van der Waals surface area (Å²) in [4.78, 5) is 96.3. The lowest BCUT2D eigenvalue weighted by molar-refractivity contribution is -0.275. The highest BCUT2D eigenvalue weighted by molar-refractivity contribution is 5.79. The molecular formula is C82H152N2O16. The van der Waals surface area contributed by atoms with Crippen molar-refractivity contribution < 1.29 is 77.3 Å². The fourth-order valence-electron chi connectivity index (χ4n) is 13.5. The molecule has 100 heavy (non-hydrogen) atoms. The van der Waals surface area contributed by atoms with E-state index in [9.17, 15) is 48.9 Å². The third kappa shape index (κ3) is 53.8. The van der Waals surface area contributed by atoms with Crippen molar-refractivity contribution in [2.24, 2.45) is 0 Å². The Kier molecular flexibility index (Phi) is 63.1. The van der Waals surface area contributed by atoms with E-state index < -0.39 is 110 Å². The van der Waals surface area contributed by atoms with Crippen LogP contribution in [0.3, 0.4) is 0 Å². The number of aliphatic hydroxyl groups excluding tert-OH is 2. The summed E-state index contributed by atoms with van der Waals surface area (Å²) in [5.41, 5.74) is 0. The molecule has 5 N–H and O–H groups in total. The van der Waals surface area contributed by atoms with Crippen molar-refractivity contribution in [3.63, 3.8) is 0 Å². The van der Waals surface area contributed by atoms with Crippen LogP contribution >= 0.6 is 0 Å². The van der Waals surface area contributed by atoms with Gasteiger partial charge in [0.15, 0.2) is 12.4 Å². The number of carbonyl (C=O) groups is 7. The highest BCUT2D eigenvalue weighted by atomic mass is 16.7. The molecule has 0 aromatic heterocycles. The Morgan fingerprint density at radius 2 is 0.680 bits per heavy atom. The van der Waals surface area contributed by atoms with E-state index >= 15 is 0 Å². The number of carboxylic acids is 1. The average molecular weight is 1420 g/mol. The second-order valence-electron chi connectivity index (χ2n) is 29.4. The van der Waals surface area contributed by atoms with Gasteiger partial charge in [0.2, 0.25) is 11.8 Å². The molecule has 0 aliphatic carbocycles. The summed E-state index contributed by atoms with van der Waals surface area (Å²) in [6.45, 7) is 11.8. The number of hydrogen-bond donors (Lipinski definition) is 5. The van der Waals surface area contributed by atoms with Crippen LogP contribution in [0.15, 0.2) is 0 Å². The second kappa shape index (κ2) is 67.0. The average Bonchev–Trinajstić information content (AvgIpc) is 0.794. The zero-order chi connectivity index (χ0) is 73.3. The molecule has 1 heterocycles. The van der Waals surface area contributed by atoms with Crippen molar-refractivity contribution in [2.75, 3.05) is 13.2 Å². The molecule has 18 nitrogen and oxygen atoms in total. The number of ether oxygens (including phenoxy) is 6. The van der Waals surface area contributed by atoms with E-state index in [2.05, 4.69) is 52.2 Å². The number of hydrogen-bond acceptors (Lipinski definition) is 15. The minimum Gasteiger partial charge on any atom is -0.481 e. The van der Waals surface area contributed by atoms with Crippen LogP contribution in [-0.4, -0.2) is 125 Å². The van der Waals surface area contributed by atoms with E-state index in [4.69, 9.17) is 28.4 Å². The fourth-order valence-corrected chi connectivity index (χ4v) is 13.5. The quantitative estimate of drug-likeness (QED) is 0.0215. The van der Waals surface area contributed by atoms with E-state index in [-0.39, 0.29) is 44.5 Å². The minimum absolute atomic E-state index is 0.200. The largest absolute Gasteiger partial charge is 0.481 e. The maximum atomic E-state index is 14.7. The monoisotopic (exact) mass is 1420 g/mol. The Morgan fingerprint density at radius 3 is 1.00 bits per heavy atom. The van der Waals surface area contributed by atoms with Gasteiger partial charge in [-0.05, 0) is 57.8 Å². The Bertz CT molecular complexity index is 1990. The first kappa shape index (κ1) is 94.1. The van der Waals surface area contributed by atoms with Crippen LogP contribution in [-0.2, 0) is 62.0 Å². The smallest absolute Gasteiger partial charge is 0.310 e. The van der Waals surface area contributed by atoms with Gasteiger partial charge in [0.25, 0.3) is 0 Å². The van der Waals surface area contributed by atoms with Crippen molar-refractivity contribution in [2.45, 2.75) is 469 Å². The lowest BCUT2D eigenvalue weighted by Gasteiger charge is -2.44. The number of amides is 2. The summed E-state index contributed by atoms with van der Waals surface area (Å²) in [5, 5.41) is 38.8. The predicted octanol–water partition coefficient (Wildman–Crippen LogP) is 19.5. The summed E-state index contributed by atoms with van der Waals surface area (Å²) in [6.07, 6.45) is 42.0. The second-order valence-corrected chi connectivity index (χ2v) is 29.4. The van der Waals surface area contributed by atoms with Crippen molar-refractivity contribution in [3.05, 3.63) is 0 Å². The van der Waals surface area contributed by atoms with E-state index in [0.717, 1.165) is 180 Å². The van der Waals surface area contributed by atoms with Gasteiger partial charge in [0.05, 0.1) is 44.9 Å². The number of carbonyl (C=O) groups excluding carboxylic acids is 6. The molecule has 1 aliphatic rings. The van der Waals surface area contributed by atoms with Crippen molar-refractivity contribution in [3.8, 4) is 0 Å². The standard InChI is InChI=1S/C82H152N2O16/c1-7-13-19-25-31-34-40-43-49-55-68(96-75(90)58-52-46-37-28-22-16-10-4)62-72(86)83-67(61-74(88)89)66-95-82-79(84-73(87)63-69(56-50-44-41-35-32-26-20-14-8-2)97-76(91)59-53-47-38-29-23-17-11-5)81(80(94)71(65-85)99-82)100-78(93)64-70(57-51-45-42-36-33-27-21-15-9-3)98-77(92)60-54-48-39-30-24-18-12-6/h67-71,79-82,85,94H,7-66H2,1-6H3,(H,83,86)(H,84,87)(H,88,89)/t67-,68-,69-,70-,71-,79-,80-,81-,82-/m1/s1. The molecule has 0 saturated carbocycles. The Balaban J connectivity index is 3.70. The van der Waals surface area contributed by atoms with E-state index in [1.807, 2.05) is 0 Å². The molecule has 1 fully saturated rings. The SMILES string of the molecule is CCCCCCCCCCC[C@H](CC(=O)N[C@@H](CO[C@@H]1O[C@H](CO)[C@@H](O)[C@H](OC(=O)C[C@@H](CCCCCCCCCCC)OC(=O)CCCCCCCCC)[C@H]1NC(=O)C[C@@H](CCCCCCCCCCC)OC(=O)CCCCCCCCC)CC(=O)O)OC(=O)CCCCCCCCC. The number of esters is 4. The highest BCUT2D eigenvalue weighted by Crippen LogP contribution is 2.28. The van der Waals surface area contributed by atoms with E-state index in [0.29, 0.717) is 51.4 Å². The molecule has 1 aliphatic heterocycles. The lowest BCUT2D eigenvalue weighted by atomic mass is 9.95. The number of aliphatic hydroxyl groups is 2. The number of aliphatic carboxylic acids is 1. The molecule has 0 aromatic rings. The summed E-state index contributed by atoms with van der Waals surface area (Å²) in [7, 11) is 0. The Morgan fingerprint density at radius 1 is 0.380 bits per heavy atom. The molecule has 1 saturated heterocycles. The van der Waals surface area contributed by atoms with E-state index in [1.165, 1.54) is 96.3 Å². The Hall–Kier alpha value is -3.87. The number of nitrogens with one attached hydrogen (secondary N) is 2. The first-order chi connectivity index (χ1) is 48.6. The molecule has 9 atom stereocenters. The van der Waals surface area contributed by atoms with Gasteiger partial charge in [-0.1, -0.05) is 311 Å². The van der Waals surface area contributed by atoms with Crippen LogP contribution in [0.2, 0.25) is 0 Å². The highest BCUT2D eigenvalue weighted by Gasteiger charge is 2.49. The molecule has 586 valence electrons. The molecule has 0 unspecified atom stereocenters. The maximum Gasteiger partial charge on any atom is 0.310 e. The van der Waals surface area contributed by atoms with Crippen LogP contribution in [0.1, 0.15) is 414 Å². The normalized spacial score (nSPS) is 17.3. The zero-order valence-electron chi connectivity index (χ0n) is 64.8. The minimum atomic E-state index is -1.74. The molecule has 0 radical (unpaired) electrons. The summed E-state index contributed by atoms with van der Waals surface area (Å²) >= 11 is 0. The topological polar surface area (TPSA) is 260 Å². The van der Waals surface area contributed by atoms with Gasteiger partial charge in [-0.2, -0.15) is 0 Å². The van der Waals surface area contributed by atoms with Crippen molar-refractivity contribution in [1.29, 1.82) is 0 Å². The van der Waals surface area contributed by atoms with Crippen LogP contribution in [0.25, 0.3) is 0 Å². The Labute approximate surface area is 609 Å². The molecular weight excluding hydrogens is 1270 g/mol. The van der Waals surface area contributed by atoms with Gasteiger partial charge < -0.3 is 54.4 Å². The summed E-state index contributed by atoms with van der Waals surface area (Å²) in [5.74, 6) is -4.50. The number of rotatable bonds is 72. The first-order valence-electron chi connectivity index (χ1n) is 41.8. The molecule has 2 amide bonds. The number of carboxylic acid groups (broad SMARTS) is 1. The van der Waals surface area contributed by atoms with Crippen molar-refractivity contribution >= 4 is 41.7 Å². The zero-order valence-corrected chi connectivity index (χ0v) is 64.8. The van der Waals surface area contributed by atoms with Gasteiger partial charge in [-0.15, -0.1) is 0 Å². The summed E-state index contributed by atoms with van der Waals surface area (Å²) in [6, 6.07) is -2.70. The van der Waals surface area contributed by atoms with E-state index in [1.54, 1.807) is 0 Å². The van der Waals surface area contributed by atoms with Crippen molar-refractivity contribution in [1.82, 2.24) is 10.6 Å². The third-order valence-corrected chi connectivity index (χ3v) is 19.7. The molecule has 0 aromatic carbocycles. The van der Waals surface area contributed by atoms with Crippen LogP contribution in [0, 0.1) is 0 Å². The van der Waals surface area contributed by atoms with Gasteiger partial charge in [0, 0.05) is 19.3 Å². The van der Waals surface area contributed by atoms with Gasteiger partial charge in [-0.25, -0.2) is 0 Å².